The molecular formula is C11H21N3O. The summed E-state index contributed by atoms with van der Waals surface area (Å²) in [6.07, 6.45) is 2.33. The van der Waals surface area contributed by atoms with E-state index in [4.69, 9.17) is 0 Å². The number of hydrogen-bond acceptors (Lipinski definition) is 2. The Kier molecular flexibility index (Phi) is 3.46. The highest BCUT2D eigenvalue weighted by molar-refractivity contribution is 5.74. The summed E-state index contributed by atoms with van der Waals surface area (Å²) < 4.78 is 0. The fraction of sp³-hybridized carbons (Fsp3) is 0.909. The lowest BCUT2D eigenvalue weighted by Gasteiger charge is -2.36. The van der Waals surface area contributed by atoms with Crippen LogP contribution in [0.25, 0.3) is 0 Å². The van der Waals surface area contributed by atoms with Crippen LogP contribution < -0.4 is 5.32 Å². The highest BCUT2D eigenvalue weighted by atomic mass is 16.2. The molecule has 0 unspecified atom stereocenters. The maximum Gasteiger partial charge on any atom is 0.320 e. The fourth-order valence-corrected chi connectivity index (χ4v) is 2.26. The van der Waals surface area contributed by atoms with Crippen molar-refractivity contribution in [3.63, 3.8) is 0 Å². The van der Waals surface area contributed by atoms with E-state index < -0.39 is 0 Å². The van der Waals surface area contributed by atoms with Crippen molar-refractivity contribution in [1.29, 1.82) is 0 Å². The standard InChI is InChI=1S/C11H21N3O/c1-10-2-6-13(7-3-10)11(15)14-8-4-12-5-9-14/h10,12H,2-9H2,1H3. The number of piperidine rings is 1. The Balaban J connectivity index is 1.84. The summed E-state index contributed by atoms with van der Waals surface area (Å²) in [6.45, 7) is 7.78. The second-order valence-electron chi connectivity index (χ2n) is 4.69. The van der Waals surface area contributed by atoms with Gasteiger partial charge in [-0.25, -0.2) is 4.79 Å². The van der Waals surface area contributed by atoms with Gasteiger partial charge in [0.1, 0.15) is 0 Å². The number of hydrogen-bond donors (Lipinski definition) is 1. The Hall–Kier alpha value is -0.770. The molecule has 0 aromatic carbocycles. The van der Waals surface area contributed by atoms with Gasteiger partial charge in [0.05, 0.1) is 0 Å². The minimum Gasteiger partial charge on any atom is -0.325 e. The average Bonchev–Trinajstić information content (AvgIpc) is 2.30. The molecule has 2 fully saturated rings. The molecule has 2 saturated heterocycles. The number of amides is 2. The van der Waals surface area contributed by atoms with Crippen molar-refractivity contribution in [2.75, 3.05) is 39.3 Å². The predicted molar refractivity (Wildman–Crippen MR) is 59.8 cm³/mol. The molecule has 4 nitrogen and oxygen atoms in total. The smallest absolute Gasteiger partial charge is 0.320 e. The zero-order valence-electron chi connectivity index (χ0n) is 9.54. The first kappa shape index (κ1) is 10.7. The summed E-state index contributed by atoms with van der Waals surface area (Å²) in [7, 11) is 0. The van der Waals surface area contributed by atoms with Gasteiger partial charge in [-0.1, -0.05) is 6.92 Å². The van der Waals surface area contributed by atoms with Crippen LogP contribution in [0, 0.1) is 5.92 Å². The number of piperazine rings is 1. The Morgan fingerprint density at radius 1 is 1.07 bits per heavy atom. The number of rotatable bonds is 0. The van der Waals surface area contributed by atoms with E-state index in [0.717, 1.165) is 58.0 Å². The van der Waals surface area contributed by atoms with Crippen LogP contribution in [0.4, 0.5) is 4.79 Å². The monoisotopic (exact) mass is 211 g/mol. The summed E-state index contributed by atoms with van der Waals surface area (Å²) in [5, 5.41) is 3.27. The molecule has 0 atom stereocenters. The maximum atomic E-state index is 12.1. The first-order chi connectivity index (χ1) is 7.27. The third kappa shape index (κ3) is 2.62. The van der Waals surface area contributed by atoms with Crippen LogP contribution in [0.2, 0.25) is 0 Å². The summed E-state index contributed by atoms with van der Waals surface area (Å²) >= 11 is 0. The van der Waals surface area contributed by atoms with Crippen molar-refractivity contribution >= 4 is 6.03 Å². The van der Waals surface area contributed by atoms with E-state index in [1.54, 1.807) is 0 Å². The van der Waals surface area contributed by atoms with Crippen molar-refractivity contribution in [2.24, 2.45) is 5.92 Å². The second kappa shape index (κ2) is 4.84. The lowest BCUT2D eigenvalue weighted by atomic mass is 9.99. The van der Waals surface area contributed by atoms with Crippen LogP contribution in [0.1, 0.15) is 19.8 Å². The number of likely N-dealkylation sites (tertiary alicyclic amines) is 1. The van der Waals surface area contributed by atoms with Crippen LogP contribution in [0.3, 0.4) is 0 Å². The fourth-order valence-electron chi connectivity index (χ4n) is 2.26. The molecule has 1 N–H and O–H groups in total. The molecular weight excluding hydrogens is 190 g/mol. The zero-order valence-corrected chi connectivity index (χ0v) is 9.54. The average molecular weight is 211 g/mol. The molecule has 2 amide bonds. The predicted octanol–water partition coefficient (Wildman–Crippen LogP) is 0.744. The van der Waals surface area contributed by atoms with Gasteiger partial charge >= 0.3 is 6.03 Å². The van der Waals surface area contributed by atoms with Gasteiger partial charge in [-0.2, -0.15) is 0 Å². The molecule has 2 aliphatic heterocycles. The molecule has 0 saturated carbocycles. The molecule has 0 aliphatic carbocycles. The van der Waals surface area contributed by atoms with Crippen LogP contribution in [0.5, 0.6) is 0 Å². The zero-order chi connectivity index (χ0) is 10.7. The number of carbonyl (C=O) groups is 1. The molecule has 2 heterocycles. The second-order valence-corrected chi connectivity index (χ2v) is 4.69. The van der Waals surface area contributed by atoms with E-state index in [1.165, 1.54) is 0 Å². The molecule has 0 aromatic rings. The summed E-state index contributed by atoms with van der Waals surface area (Å²) in [5.74, 6) is 0.789. The van der Waals surface area contributed by atoms with Crippen molar-refractivity contribution in [1.82, 2.24) is 15.1 Å². The van der Waals surface area contributed by atoms with E-state index in [0.29, 0.717) is 0 Å². The van der Waals surface area contributed by atoms with Gasteiger partial charge in [-0.05, 0) is 18.8 Å². The minimum atomic E-state index is 0.253. The van der Waals surface area contributed by atoms with Crippen LogP contribution >= 0.6 is 0 Å². The van der Waals surface area contributed by atoms with E-state index in [9.17, 15) is 4.79 Å². The van der Waals surface area contributed by atoms with Gasteiger partial charge < -0.3 is 15.1 Å². The van der Waals surface area contributed by atoms with Crippen LogP contribution in [0.15, 0.2) is 0 Å². The van der Waals surface area contributed by atoms with Crippen LogP contribution in [-0.4, -0.2) is 55.1 Å². The van der Waals surface area contributed by atoms with Gasteiger partial charge in [0.25, 0.3) is 0 Å². The van der Waals surface area contributed by atoms with Gasteiger partial charge in [-0.3, -0.25) is 0 Å². The van der Waals surface area contributed by atoms with E-state index in [1.807, 2.05) is 9.80 Å². The van der Waals surface area contributed by atoms with Gasteiger partial charge in [-0.15, -0.1) is 0 Å². The van der Waals surface area contributed by atoms with E-state index in [2.05, 4.69) is 12.2 Å². The Bertz CT molecular complexity index is 218. The molecule has 15 heavy (non-hydrogen) atoms. The Morgan fingerprint density at radius 2 is 1.60 bits per heavy atom. The Morgan fingerprint density at radius 3 is 2.20 bits per heavy atom. The third-order valence-electron chi connectivity index (χ3n) is 3.44. The highest BCUT2D eigenvalue weighted by Gasteiger charge is 2.25. The molecule has 2 aliphatic rings. The van der Waals surface area contributed by atoms with Gasteiger partial charge in [0, 0.05) is 39.3 Å². The van der Waals surface area contributed by atoms with Crippen molar-refractivity contribution in [2.45, 2.75) is 19.8 Å². The first-order valence-corrected chi connectivity index (χ1v) is 6.02. The summed E-state index contributed by atoms with van der Waals surface area (Å²) in [6, 6.07) is 0.253. The Labute approximate surface area is 91.6 Å². The van der Waals surface area contributed by atoms with Crippen molar-refractivity contribution < 1.29 is 4.79 Å². The number of nitrogens with one attached hydrogen (secondary N) is 1. The molecule has 4 heteroatoms. The number of urea groups is 1. The van der Waals surface area contributed by atoms with Crippen LogP contribution in [-0.2, 0) is 0 Å². The van der Waals surface area contributed by atoms with Crippen molar-refractivity contribution in [3.8, 4) is 0 Å². The molecule has 2 rings (SSSR count). The summed E-state index contributed by atoms with van der Waals surface area (Å²) in [4.78, 5) is 16.1. The molecule has 0 aromatic heterocycles. The quantitative estimate of drug-likeness (QED) is 0.641. The normalized spacial score (nSPS) is 24.3. The lowest BCUT2D eigenvalue weighted by Crippen LogP contribution is -2.52. The molecule has 86 valence electrons. The van der Waals surface area contributed by atoms with Gasteiger partial charge in [0.15, 0.2) is 0 Å². The summed E-state index contributed by atoms with van der Waals surface area (Å²) in [5.41, 5.74) is 0. The third-order valence-corrected chi connectivity index (χ3v) is 3.44. The topological polar surface area (TPSA) is 35.6 Å². The number of nitrogens with zero attached hydrogens (tertiary/aromatic N) is 2. The minimum absolute atomic E-state index is 0.253. The number of carbonyl (C=O) groups excluding carboxylic acids is 1. The maximum absolute atomic E-state index is 12.1. The van der Waals surface area contributed by atoms with Gasteiger partial charge in [0.2, 0.25) is 0 Å². The van der Waals surface area contributed by atoms with E-state index in [-0.39, 0.29) is 6.03 Å². The largest absolute Gasteiger partial charge is 0.325 e. The molecule has 0 spiro atoms. The molecule has 0 radical (unpaired) electrons. The van der Waals surface area contributed by atoms with Crippen molar-refractivity contribution in [3.05, 3.63) is 0 Å². The molecule has 0 bridgehead atoms. The highest BCUT2D eigenvalue weighted by Crippen LogP contribution is 2.17. The lowest BCUT2D eigenvalue weighted by molar-refractivity contribution is 0.129. The SMILES string of the molecule is CC1CCN(C(=O)N2CCNCC2)CC1. The first-order valence-electron chi connectivity index (χ1n) is 6.02. The van der Waals surface area contributed by atoms with E-state index >= 15 is 0 Å².